The van der Waals surface area contributed by atoms with Gasteiger partial charge in [0.15, 0.2) is 5.96 Å². The lowest BCUT2D eigenvalue weighted by molar-refractivity contribution is 0.392. The standard InChI is InChI=1S/C19H26BrN5O.HI/c1-13-18(14(2)26-24-13)8-10-22-19(21-3)23-16-9-11-25(12-16)17-6-4-15(20)5-7-17;/h4-7,16H,8-12H2,1-3H3,(H2,21,22,23);1H. The van der Waals surface area contributed by atoms with Crippen molar-refractivity contribution in [3.63, 3.8) is 0 Å². The van der Waals surface area contributed by atoms with Crippen LogP contribution in [0.1, 0.15) is 23.4 Å². The predicted octanol–water partition coefficient (Wildman–Crippen LogP) is 3.66. The molecule has 0 amide bonds. The fourth-order valence-corrected chi connectivity index (χ4v) is 3.58. The van der Waals surface area contributed by atoms with Gasteiger partial charge in [-0.2, -0.15) is 0 Å². The van der Waals surface area contributed by atoms with E-state index < -0.39 is 0 Å². The summed E-state index contributed by atoms with van der Waals surface area (Å²) in [4.78, 5) is 6.76. The van der Waals surface area contributed by atoms with Crippen molar-refractivity contribution in [2.45, 2.75) is 32.7 Å². The van der Waals surface area contributed by atoms with Gasteiger partial charge in [-0.3, -0.25) is 4.99 Å². The number of guanidine groups is 1. The fourth-order valence-electron chi connectivity index (χ4n) is 3.32. The van der Waals surface area contributed by atoms with Crippen molar-refractivity contribution in [3.8, 4) is 0 Å². The van der Waals surface area contributed by atoms with E-state index in [1.807, 2.05) is 20.9 Å². The van der Waals surface area contributed by atoms with Gasteiger partial charge in [-0.1, -0.05) is 21.1 Å². The lowest BCUT2D eigenvalue weighted by Crippen LogP contribution is -2.45. The second-order valence-electron chi connectivity index (χ2n) is 6.60. The molecule has 2 aromatic rings. The molecular formula is C19H27BrIN5O. The summed E-state index contributed by atoms with van der Waals surface area (Å²) in [6.45, 7) is 6.76. The molecule has 27 heavy (non-hydrogen) atoms. The maximum absolute atomic E-state index is 5.22. The molecule has 0 bridgehead atoms. The van der Waals surface area contributed by atoms with E-state index >= 15 is 0 Å². The molecule has 1 aliphatic rings. The van der Waals surface area contributed by atoms with Gasteiger partial charge in [-0.25, -0.2) is 0 Å². The van der Waals surface area contributed by atoms with Crippen molar-refractivity contribution in [1.29, 1.82) is 0 Å². The Bertz CT molecular complexity index is 742. The van der Waals surface area contributed by atoms with Crippen LogP contribution in [-0.2, 0) is 6.42 Å². The summed E-state index contributed by atoms with van der Waals surface area (Å²) in [5, 5.41) is 10.9. The number of rotatable bonds is 5. The minimum Gasteiger partial charge on any atom is -0.369 e. The zero-order chi connectivity index (χ0) is 18.5. The van der Waals surface area contributed by atoms with Gasteiger partial charge < -0.3 is 20.1 Å². The minimum atomic E-state index is 0. The first-order valence-corrected chi connectivity index (χ1v) is 9.75. The van der Waals surface area contributed by atoms with E-state index in [1.54, 1.807) is 0 Å². The Labute approximate surface area is 186 Å². The number of halogens is 2. The Morgan fingerprint density at radius 1 is 1.33 bits per heavy atom. The van der Waals surface area contributed by atoms with Crippen molar-refractivity contribution in [2.75, 3.05) is 31.6 Å². The molecule has 2 heterocycles. The molecule has 1 aliphatic heterocycles. The smallest absolute Gasteiger partial charge is 0.191 e. The van der Waals surface area contributed by atoms with E-state index in [0.29, 0.717) is 6.04 Å². The van der Waals surface area contributed by atoms with Gasteiger partial charge in [-0.05, 0) is 51.0 Å². The first-order chi connectivity index (χ1) is 12.6. The molecule has 1 aromatic carbocycles. The van der Waals surface area contributed by atoms with E-state index in [0.717, 1.165) is 54.4 Å². The Morgan fingerprint density at radius 2 is 2.07 bits per heavy atom. The largest absolute Gasteiger partial charge is 0.369 e. The molecule has 0 spiro atoms. The Morgan fingerprint density at radius 3 is 2.70 bits per heavy atom. The highest BCUT2D eigenvalue weighted by molar-refractivity contribution is 14.0. The number of hydrogen-bond acceptors (Lipinski definition) is 4. The quantitative estimate of drug-likeness (QED) is 0.340. The van der Waals surface area contributed by atoms with Crippen LogP contribution in [-0.4, -0.2) is 43.8 Å². The summed E-state index contributed by atoms with van der Waals surface area (Å²) in [5.74, 6) is 1.74. The van der Waals surface area contributed by atoms with Gasteiger partial charge in [0, 0.05) is 48.4 Å². The summed E-state index contributed by atoms with van der Waals surface area (Å²) in [6.07, 6.45) is 1.97. The zero-order valence-electron chi connectivity index (χ0n) is 16.0. The zero-order valence-corrected chi connectivity index (χ0v) is 19.9. The first-order valence-electron chi connectivity index (χ1n) is 8.96. The molecule has 6 nitrogen and oxygen atoms in total. The topological polar surface area (TPSA) is 65.7 Å². The fraction of sp³-hybridized carbons (Fsp3) is 0.474. The van der Waals surface area contributed by atoms with E-state index in [-0.39, 0.29) is 24.0 Å². The monoisotopic (exact) mass is 547 g/mol. The third-order valence-electron chi connectivity index (χ3n) is 4.79. The van der Waals surface area contributed by atoms with Crippen molar-refractivity contribution < 1.29 is 4.52 Å². The summed E-state index contributed by atoms with van der Waals surface area (Å²) in [6, 6.07) is 8.88. The van der Waals surface area contributed by atoms with Gasteiger partial charge in [0.2, 0.25) is 0 Å². The SMILES string of the molecule is CN=C(NCCc1c(C)noc1C)NC1CCN(c2ccc(Br)cc2)C1.I. The van der Waals surface area contributed by atoms with Crippen LogP contribution in [0.25, 0.3) is 0 Å². The third kappa shape index (κ3) is 5.84. The Kier molecular flexibility index (Phi) is 8.40. The minimum absolute atomic E-state index is 0. The highest BCUT2D eigenvalue weighted by atomic mass is 127. The molecule has 3 rings (SSSR count). The van der Waals surface area contributed by atoms with Crippen LogP contribution in [0.3, 0.4) is 0 Å². The molecule has 1 atom stereocenters. The second kappa shape index (κ2) is 10.3. The number of aromatic nitrogens is 1. The molecule has 148 valence electrons. The highest BCUT2D eigenvalue weighted by Gasteiger charge is 2.23. The molecule has 1 aromatic heterocycles. The number of hydrogen-bond donors (Lipinski definition) is 2. The summed E-state index contributed by atoms with van der Waals surface area (Å²) in [7, 11) is 1.81. The Hall–Kier alpha value is -1.29. The molecule has 1 saturated heterocycles. The van der Waals surface area contributed by atoms with Crippen molar-refractivity contribution in [1.82, 2.24) is 15.8 Å². The highest BCUT2D eigenvalue weighted by Crippen LogP contribution is 2.22. The average molecular weight is 548 g/mol. The summed E-state index contributed by atoms with van der Waals surface area (Å²) < 4.78 is 6.33. The first kappa shape index (κ1) is 22.0. The number of nitrogens with zero attached hydrogens (tertiary/aromatic N) is 3. The van der Waals surface area contributed by atoms with Crippen LogP contribution in [0, 0.1) is 13.8 Å². The van der Waals surface area contributed by atoms with Gasteiger partial charge in [-0.15, -0.1) is 24.0 Å². The van der Waals surface area contributed by atoms with E-state index in [9.17, 15) is 0 Å². The van der Waals surface area contributed by atoms with Crippen molar-refractivity contribution >= 4 is 51.6 Å². The van der Waals surface area contributed by atoms with Crippen LogP contribution in [0.5, 0.6) is 0 Å². The molecule has 1 unspecified atom stereocenters. The Balaban J connectivity index is 0.00000261. The van der Waals surface area contributed by atoms with Gasteiger partial charge in [0.05, 0.1) is 5.69 Å². The number of nitrogens with one attached hydrogen (secondary N) is 2. The number of aryl methyl sites for hydroxylation is 2. The van der Waals surface area contributed by atoms with E-state index in [1.165, 1.54) is 11.3 Å². The molecule has 0 aliphatic carbocycles. The van der Waals surface area contributed by atoms with Crippen LogP contribution >= 0.6 is 39.9 Å². The average Bonchev–Trinajstić information content (AvgIpc) is 3.23. The van der Waals surface area contributed by atoms with Crippen molar-refractivity contribution in [2.24, 2.45) is 4.99 Å². The van der Waals surface area contributed by atoms with E-state index in [4.69, 9.17) is 4.52 Å². The number of anilines is 1. The molecule has 2 N–H and O–H groups in total. The van der Waals surface area contributed by atoms with Crippen LogP contribution < -0.4 is 15.5 Å². The van der Waals surface area contributed by atoms with Crippen LogP contribution in [0.15, 0.2) is 38.3 Å². The maximum Gasteiger partial charge on any atom is 0.191 e. The lowest BCUT2D eigenvalue weighted by atomic mass is 10.1. The van der Waals surface area contributed by atoms with Crippen molar-refractivity contribution in [3.05, 3.63) is 45.8 Å². The van der Waals surface area contributed by atoms with Gasteiger partial charge in [0.1, 0.15) is 5.76 Å². The number of benzene rings is 1. The summed E-state index contributed by atoms with van der Waals surface area (Å²) >= 11 is 3.49. The maximum atomic E-state index is 5.22. The number of aliphatic imine (C=N–C) groups is 1. The van der Waals surface area contributed by atoms with Gasteiger partial charge in [0.25, 0.3) is 0 Å². The summed E-state index contributed by atoms with van der Waals surface area (Å²) in [5.41, 5.74) is 3.40. The van der Waals surface area contributed by atoms with Gasteiger partial charge >= 0.3 is 0 Å². The normalized spacial score (nSPS) is 17.0. The molecule has 8 heteroatoms. The predicted molar refractivity (Wildman–Crippen MR) is 124 cm³/mol. The van der Waals surface area contributed by atoms with E-state index in [2.05, 4.69) is 65.9 Å². The second-order valence-corrected chi connectivity index (χ2v) is 7.52. The third-order valence-corrected chi connectivity index (χ3v) is 5.32. The van der Waals surface area contributed by atoms with Crippen LogP contribution in [0.4, 0.5) is 5.69 Å². The lowest BCUT2D eigenvalue weighted by Gasteiger charge is -2.20. The molecule has 1 fully saturated rings. The molecular weight excluding hydrogens is 521 g/mol. The van der Waals surface area contributed by atoms with Crippen LogP contribution in [0.2, 0.25) is 0 Å². The molecule has 0 saturated carbocycles. The molecule has 0 radical (unpaired) electrons.